The summed E-state index contributed by atoms with van der Waals surface area (Å²) in [5, 5.41) is 13.0. The maximum atomic E-state index is 13.0. The molecule has 0 fully saturated rings. The summed E-state index contributed by atoms with van der Waals surface area (Å²) in [6, 6.07) is 10.9. The van der Waals surface area contributed by atoms with Crippen molar-refractivity contribution in [3.05, 3.63) is 75.3 Å². The first kappa shape index (κ1) is 20.6. The molecule has 5 nitrogen and oxygen atoms in total. The van der Waals surface area contributed by atoms with Gasteiger partial charge in [-0.25, -0.2) is 4.39 Å². The number of thioether (sulfide) groups is 1. The summed E-state index contributed by atoms with van der Waals surface area (Å²) in [5.74, 6) is 0.632. The lowest BCUT2D eigenvalue weighted by molar-refractivity contribution is 0.0949. The van der Waals surface area contributed by atoms with Crippen molar-refractivity contribution < 1.29 is 9.18 Å². The van der Waals surface area contributed by atoms with E-state index in [9.17, 15) is 9.18 Å². The van der Waals surface area contributed by atoms with E-state index in [0.717, 1.165) is 10.7 Å². The zero-order valence-corrected chi connectivity index (χ0v) is 17.3. The molecule has 0 saturated carbocycles. The fraction of sp³-hybridized carbons (Fsp3) is 0.211. The molecule has 0 aliphatic carbocycles. The first-order valence-electron chi connectivity index (χ1n) is 8.50. The molecule has 0 aliphatic rings. The van der Waals surface area contributed by atoms with Crippen molar-refractivity contribution in [3.8, 4) is 0 Å². The molecule has 0 bridgehead atoms. The quantitative estimate of drug-likeness (QED) is 0.529. The van der Waals surface area contributed by atoms with Crippen LogP contribution < -0.4 is 5.32 Å². The van der Waals surface area contributed by atoms with Gasteiger partial charge in [-0.2, -0.15) is 0 Å². The highest BCUT2D eigenvalue weighted by Gasteiger charge is 2.13. The van der Waals surface area contributed by atoms with Crippen LogP contribution in [0.25, 0.3) is 0 Å². The lowest BCUT2D eigenvalue weighted by atomic mass is 10.2. The number of carbonyl (C=O) groups is 1. The maximum Gasteiger partial charge on any atom is 0.251 e. The molecule has 0 radical (unpaired) electrons. The van der Waals surface area contributed by atoms with Gasteiger partial charge in [0.15, 0.2) is 11.0 Å². The van der Waals surface area contributed by atoms with Crippen LogP contribution >= 0.6 is 35.0 Å². The SMILES string of the molecule is CCn1c(CNC(=O)c2ccc(F)cc2)nnc1SCc1ccc(Cl)c(Cl)c1. The first-order valence-corrected chi connectivity index (χ1v) is 10.2. The van der Waals surface area contributed by atoms with Gasteiger partial charge in [0.05, 0.1) is 16.6 Å². The molecular weight excluding hydrogens is 422 g/mol. The predicted molar refractivity (Wildman–Crippen MR) is 109 cm³/mol. The normalized spacial score (nSPS) is 10.9. The number of halogens is 3. The highest BCUT2D eigenvalue weighted by molar-refractivity contribution is 7.98. The van der Waals surface area contributed by atoms with Crippen molar-refractivity contribution in [2.45, 2.75) is 30.9 Å². The van der Waals surface area contributed by atoms with Gasteiger partial charge in [0.2, 0.25) is 0 Å². The van der Waals surface area contributed by atoms with E-state index in [1.807, 2.05) is 23.6 Å². The van der Waals surface area contributed by atoms with Crippen molar-refractivity contribution in [3.63, 3.8) is 0 Å². The van der Waals surface area contributed by atoms with Crippen LogP contribution in [0.15, 0.2) is 47.6 Å². The highest BCUT2D eigenvalue weighted by atomic mass is 35.5. The third-order valence-corrected chi connectivity index (χ3v) is 5.75. The fourth-order valence-corrected chi connectivity index (χ4v) is 3.80. The smallest absolute Gasteiger partial charge is 0.251 e. The highest BCUT2D eigenvalue weighted by Crippen LogP contribution is 2.27. The minimum absolute atomic E-state index is 0.227. The average molecular weight is 439 g/mol. The number of hydrogen-bond acceptors (Lipinski definition) is 4. The van der Waals surface area contributed by atoms with Crippen LogP contribution in [0.2, 0.25) is 10.0 Å². The summed E-state index contributed by atoms with van der Waals surface area (Å²) in [4.78, 5) is 12.2. The van der Waals surface area contributed by atoms with E-state index in [1.54, 1.807) is 6.07 Å². The van der Waals surface area contributed by atoms with E-state index in [1.165, 1.54) is 36.0 Å². The molecular formula is C19H17Cl2FN4OS. The van der Waals surface area contributed by atoms with Crippen LogP contribution in [-0.4, -0.2) is 20.7 Å². The predicted octanol–water partition coefficient (Wildman–Crippen LogP) is 4.97. The monoisotopic (exact) mass is 438 g/mol. The third-order valence-electron chi connectivity index (χ3n) is 3.98. The van der Waals surface area contributed by atoms with E-state index in [-0.39, 0.29) is 18.3 Å². The largest absolute Gasteiger partial charge is 0.345 e. The van der Waals surface area contributed by atoms with Gasteiger partial charge in [0, 0.05) is 17.9 Å². The molecule has 3 rings (SSSR count). The maximum absolute atomic E-state index is 13.0. The summed E-state index contributed by atoms with van der Waals surface area (Å²) in [5.41, 5.74) is 1.41. The molecule has 9 heteroatoms. The summed E-state index contributed by atoms with van der Waals surface area (Å²) in [7, 11) is 0. The van der Waals surface area contributed by atoms with Gasteiger partial charge in [-0.05, 0) is 48.9 Å². The molecule has 0 unspecified atom stereocenters. The van der Waals surface area contributed by atoms with Crippen LogP contribution in [0.3, 0.4) is 0 Å². The molecule has 0 atom stereocenters. The fourth-order valence-electron chi connectivity index (χ4n) is 2.51. The molecule has 0 saturated heterocycles. The van der Waals surface area contributed by atoms with Crippen LogP contribution in [-0.2, 0) is 18.8 Å². The zero-order chi connectivity index (χ0) is 20.1. The van der Waals surface area contributed by atoms with Crippen LogP contribution in [0.1, 0.15) is 28.7 Å². The Kier molecular flexibility index (Phi) is 6.93. The Morgan fingerprint density at radius 3 is 2.57 bits per heavy atom. The zero-order valence-electron chi connectivity index (χ0n) is 15.0. The van der Waals surface area contributed by atoms with Crippen molar-refractivity contribution in [2.75, 3.05) is 0 Å². The Morgan fingerprint density at radius 1 is 1.14 bits per heavy atom. The second kappa shape index (κ2) is 9.41. The van der Waals surface area contributed by atoms with E-state index in [2.05, 4.69) is 15.5 Å². The summed E-state index contributed by atoms with van der Waals surface area (Å²) < 4.78 is 14.9. The number of hydrogen-bond donors (Lipinski definition) is 1. The summed E-state index contributed by atoms with van der Waals surface area (Å²) in [6.45, 7) is 2.88. The summed E-state index contributed by atoms with van der Waals surface area (Å²) in [6.07, 6.45) is 0. The molecule has 1 aromatic heterocycles. The van der Waals surface area contributed by atoms with Crippen molar-refractivity contribution in [1.29, 1.82) is 0 Å². The van der Waals surface area contributed by atoms with Crippen molar-refractivity contribution in [1.82, 2.24) is 20.1 Å². The van der Waals surface area contributed by atoms with Gasteiger partial charge in [-0.15, -0.1) is 10.2 Å². The van der Waals surface area contributed by atoms with Gasteiger partial charge in [0.1, 0.15) is 5.82 Å². The van der Waals surface area contributed by atoms with Crippen LogP contribution in [0, 0.1) is 5.82 Å². The number of nitrogens with zero attached hydrogens (tertiary/aromatic N) is 3. The van der Waals surface area contributed by atoms with Gasteiger partial charge < -0.3 is 9.88 Å². The Hall–Kier alpha value is -2.09. The van der Waals surface area contributed by atoms with Crippen molar-refractivity contribution >= 4 is 40.9 Å². The molecule has 1 amide bonds. The second-order valence-electron chi connectivity index (χ2n) is 5.87. The number of amides is 1. The van der Waals surface area contributed by atoms with Gasteiger partial charge in [0.25, 0.3) is 5.91 Å². The van der Waals surface area contributed by atoms with E-state index in [4.69, 9.17) is 23.2 Å². The minimum Gasteiger partial charge on any atom is -0.345 e. The minimum atomic E-state index is -0.383. The molecule has 3 aromatic rings. The molecule has 146 valence electrons. The second-order valence-corrected chi connectivity index (χ2v) is 7.63. The Labute approximate surface area is 176 Å². The molecule has 1 N–H and O–H groups in total. The van der Waals surface area contributed by atoms with Crippen LogP contribution in [0.4, 0.5) is 4.39 Å². The summed E-state index contributed by atoms with van der Waals surface area (Å²) >= 11 is 13.5. The van der Waals surface area contributed by atoms with Gasteiger partial charge in [-0.1, -0.05) is 41.0 Å². The average Bonchev–Trinajstić information content (AvgIpc) is 3.09. The number of benzene rings is 2. The Bertz CT molecular complexity index is 979. The number of nitrogens with one attached hydrogen (secondary N) is 1. The van der Waals surface area contributed by atoms with E-state index >= 15 is 0 Å². The first-order chi connectivity index (χ1) is 13.5. The molecule has 1 heterocycles. The van der Waals surface area contributed by atoms with Crippen molar-refractivity contribution in [2.24, 2.45) is 0 Å². The Balaban J connectivity index is 1.63. The van der Waals surface area contributed by atoms with E-state index < -0.39 is 0 Å². The lowest BCUT2D eigenvalue weighted by Crippen LogP contribution is -2.24. The van der Waals surface area contributed by atoms with Gasteiger partial charge >= 0.3 is 0 Å². The molecule has 0 aliphatic heterocycles. The number of carbonyl (C=O) groups excluding carboxylic acids is 1. The van der Waals surface area contributed by atoms with Crippen LogP contribution in [0.5, 0.6) is 0 Å². The topological polar surface area (TPSA) is 59.8 Å². The van der Waals surface area contributed by atoms with Gasteiger partial charge in [-0.3, -0.25) is 4.79 Å². The third kappa shape index (κ3) is 5.04. The Morgan fingerprint density at radius 2 is 1.89 bits per heavy atom. The molecule has 0 spiro atoms. The standard InChI is InChI=1S/C19H17Cl2FN4OS/c1-2-26-17(10-23-18(27)13-4-6-14(22)7-5-13)24-25-19(26)28-11-12-3-8-15(20)16(21)9-12/h3-9H,2,10-11H2,1H3,(H,23,27). The molecule has 2 aromatic carbocycles. The number of rotatable bonds is 7. The van der Waals surface area contributed by atoms with E-state index in [0.29, 0.717) is 33.7 Å². The lowest BCUT2D eigenvalue weighted by Gasteiger charge is -2.09. The number of aromatic nitrogens is 3. The molecule has 28 heavy (non-hydrogen) atoms.